The fourth-order valence-electron chi connectivity index (χ4n) is 2.12. The summed E-state index contributed by atoms with van der Waals surface area (Å²) in [4.78, 5) is 11.8. The minimum absolute atomic E-state index is 0.0460. The van der Waals surface area contributed by atoms with Crippen molar-refractivity contribution in [2.45, 2.75) is 44.7 Å². The average Bonchev–Trinajstić information content (AvgIpc) is 2.79. The SMILES string of the molecule is NCc1cc(C(=O)NC2CCCCC2)co1. The highest BCUT2D eigenvalue weighted by molar-refractivity contribution is 5.94. The number of hydrogen-bond acceptors (Lipinski definition) is 3. The van der Waals surface area contributed by atoms with E-state index in [1.54, 1.807) is 6.07 Å². The standard InChI is InChI=1S/C12H18N2O2/c13-7-11-6-9(8-16-11)12(15)14-10-4-2-1-3-5-10/h6,8,10H,1-5,7,13H2,(H,14,15). The van der Waals surface area contributed by atoms with Gasteiger partial charge in [0.1, 0.15) is 12.0 Å². The van der Waals surface area contributed by atoms with E-state index in [-0.39, 0.29) is 5.91 Å². The number of carbonyl (C=O) groups excluding carboxylic acids is 1. The Kier molecular flexibility index (Phi) is 3.62. The number of amides is 1. The van der Waals surface area contributed by atoms with Gasteiger partial charge in [-0.2, -0.15) is 0 Å². The Morgan fingerprint density at radius 1 is 1.44 bits per heavy atom. The van der Waals surface area contributed by atoms with E-state index in [1.807, 2.05) is 0 Å². The molecule has 0 aliphatic heterocycles. The highest BCUT2D eigenvalue weighted by atomic mass is 16.3. The Balaban J connectivity index is 1.91. The van der Waals surface area contributed by atoms with E-state index in [2.05, 4.69) is 5.32 Å². The van der Waals surface area contributed by atoms with Crippen LogP contribution in [0.1, 0.15) is 48.2 Å². The number of furan rings is 1. The molecule has 1 heterocycles. The van der Waals surface area contributed by atoms with Crippen molar-refractivity contribution in [1.82, 2.24) is 5.32 Å². The van der Waals surface area contributed by atoms with E-state index >= 15 is 0 Å². The van der Waals surface area contributed by atoms with Gasteiger partial charge >= 0.3 is 0 Å². The van der Waals surface area contributed by atoms with E-state index in [1.165, 1.54) is 25.5 Å². The summed E-state index contributed by atoms with van der Waals surface area (Å²) in [5.41, 5.74) is 6.00. The zero-order chi connectivity index (χ0) is 11.4. The van der Waals surface area contributed by atoms with Gasteiger partial charge in [-0.05, 0) is 18.9 Å². The van der Waals surface area contributed by atoms with Crippen LogP contribution in [0.15, 0.2) is 16.7 Å². The molecule has 16 heavy (non-hydrogen) atoms. The summed E-state index contributed by atoms with van der Waals surface area (Å²) in [6.07, 6.45) is 7.37. The summed E-state index contributed by atoms with van der Waals surface area (Å²) in [6, 6.07) is 2.04. The molecule has 0 unspecified atom stereocenters. The first-order valence-electron chi connectivity index (χ1n) is 5.88. The molecule has 4 heteroatoms. The van der Waals surface area contributed by atoms with Gasteiger partial charge in [-0.15, -0.1) is 0 Å². The van der Waals surface area contributed by atoms with Gasteiger partial charge in [-0.25, -0.2) is 0 Å². The maximum Gasteiger partial charge on any atom is 0.254 e. The molecule has 0 bridgehead atoms. The molecule has 88 valence electrons. The first-order valence-corrected chi connectivity index (χ1v) is 5.88. The molecule has 0 spiro atoms. The zero-order valence-corrected chi connectivity index (χ0v) is 9.37. The van der Waals surface area contributed by atoms with Crippen molar-refractivity contribution in [3.05, 3.63) is 23.7 Å². The monoisotopic (exact) mass is 222 g/mol. The molecule has 1 aromatic rings. The molecule has 1 fully saturated rings. The topological polar surface area (TPSA) is 68.3 Å². The van der Waals surface area contributed by atoms with Crippen molar-refractivity contribution in [1.29, 1.82) is 0 Å². The maximum atomic E-state index is 11.8. The largest absolute Gasteiger partial charge is 0.467 e. The molecule has 0 aromatic carbocycles. The summed E-state index contributed by atoms with van der Waals surface area (Å²) < 4.78 is 5.14. The highest BCUT2D eigenvalue weighted by Crippen LogP contribution is 2.18. The Morgan fingerprint density at radius 2 is 2.19 bits per heavy atom. The fourth-order valence-corrected chi connectivity index (χ4v) is 2.12. The van der Waals surface area contributed by atoms with Crippen LogP contribution in [0.4, 0.5) is 0 Å². The molecule has 0 saturated heterocycles. The number of hydrogen-bond donors (Lipinski definition) is 2. The van der Waals surface area contributed by atoms with Gasteiger partial charge in [0, 0.05) is 6.04 Å². The van der Waals surface area contributed by atoms with Gasteiger partial charge in [-0.1, -0.05) is 19.3 Å². The third-order valence-electron chi connectivity index (χ3n) is 3.06. The summed E-state index contributed by atoms with van der Waals surface area (Å²) >= 11 is 0. The summed E-state index contributed by atoms with van der Waals surface area (Å²) in [5.74, 6) is 0.601. The lowest BCUT2D eigenvalue weighted by Crippen LogP contribution is -2.35. The second kappa shape index (κ2) is 5.16. The van der Waals surface area contributed by atoms with Crippen LogP contribution in [0.3, 0.4) is 0 Å². The van der Waals surface area contributed by atoms with Crippen molar-refractivity contribution in [3.8, 4) is 0 Å². The summed E-state index contributed by atoms with van der Waals surface area (Å²) in [6.45, 7) is 0.330. The van der Waals surface area contributed by atoms with Crippen LogP contribution < -0.4 is 11.1 Å². The fraction of sp³-hybridized carbons (Fsp3) is 0.583. The number of rotatable bonds is 3. The lowest BCUT2D eigenvalue weighted by molar-refractivity contribution is 0.0927. The molecule has 1 amide bonds. The van der Waals surface area contributed by atoms with Crippen LogP contribution in [0.2, 0.25) is 0 Å². The van der Waals surface area contributed by atoms with Crippen LogP contribution in [0.25, 0.3) is 0 Å². The number of carbonyl (C=O) groups is 1. The van der Waals surface area contributed by atoms with Crippen molar-refractivity contribution in [2.75, 3.05) is 0 Å². The van der Waals surface area contributed by atoms with E-state index < -0.39 is 0 Å². The van der Waals surface area contributed by atoms with E-state index in [9.17, 15) is 4.79 Å². The smallest absolute Gasteiger partial charge is 0.254 e. The van der Waals surface area contributed by atoms with Crippen LogP contribution in [0.5, 0.6) is 0 Å². The van der Waals surface area contributed by atoms with Gasteiger partial charge in [0.2, 0.25) is 0 Å². The third kappa shape index (κ3) is 2.64. The predicted molar refractivity (Wildman–Crippen MR) is 60.9 cm³/mol. The van der Waals surface area contributed by atoms with E-state index in [0.29, 0.717) is 23.9 Å². The molecule has 0 atom stereocenters. The van der Waals surface area contributed by atoms with E-state index in [4.69, 9.17) is 10.2 Å². The second-order valence-corrected chi connectivity index (χ2v) is 4.31. The summed E-state index contributed by atoms with van der Waals surface area (Å²) in [7, 11) is 0. The maximum absolute atomic E-state index is 11.8. The minimum Gasteiger partial charge on any atom is -0.467 e. The molecular formula is C12H18N2O2. The first-order chi connectivity index (χ1) is 7.79. The molecule has 1 aromatic heterocycles. The second-order valence-electron chi connectivity index (χ2n) is 4.31. The van der Waals surface area contributed by atoms with Crippen LogP contribution in [-0.2, 0) is 6.54 Å². The summed E-state index contributed by atoms with van der Waals surface area (Å²) in [5, 5.41) is 3.03. The third-order valence-corrected chi connectivity index (χ3v) is 3.06. The molecule has 1 saturated carbocycles. The number of nitrogens with two attached hydrogens (primary N) is 1. The van der Waals surface area contributed by atoms with Crippen molar-refractivity contribution >= 4 is 5.91 Å². The Labute approximate surface area is 95.2 Å². The Morgan fingerprint density at radius 3 is 2.81 bits per heavy atom. The van der Waals surface area contributed by atoms with Gasteiger partial charge in [-0.3, -0.25) is 4.79 Å². The Bertz CT molecular complexity index is 354. The molecule has 2 rings (SSSR count). The van der Waals surface area contributed by atoms with Gasteiger partial charge in [0.05, 0.1) is 12.1 Å². The zero-order valence-electron chi connectivity index (χ0n) is 9.37. The first kappa shape index (κ1) is 11.2. The van der Waals surface area contributed by atoms with Gasteiger partial charge in [0.15, 0.2) is 0 Å². The van der Waals surface area contributed by atoms with E-state index in [0.717, 1.165) is 12.8 Å². The van der Waals surface area contributed by atoms with Gasteiger partial charge < -0.3 is 15.5 Å². The lowest BCUT2D eigenvalue weighted by atomic mass is 9.95. The van der Waals surface area contributed by atoms with Crippen molar-refractivity contribution in [2.24, 2.45) is 5.73 Å². The van der Waals surface area contributed by atoms with Crippen LogP contribution in [0, 0.1) is 0 Å². The quantitative estimate of drug-likeness (QED) is 0.819. The molecule has 3 N–H and O–H groups in total. The van der Waals surface area contributed by atoms with Crippen LogP contribution >= 0.6 is 0 Å². The lowest BCUT2D eigenvalue weighted by Gasteiger charge is -2.22. The minimum atomic E-state index is -0.0460. The number of nitrogens with one attached hydrogen (secondary N) is 1. The molecular weight excluding hydrogens is 204 g/mol. The molecule has 4 nitrogen and oxygen atoms in total. The highest BCUT2D eigenvalue weighted by Gasteiger charge is 2.17. The predicted octanol–water partition coefficient (Wildman–Crippen LogP) is 1.80. The normalized spacial score (nSPS) is 17.3. The molecule has 0 radical (unpaired) electrons. The van der Waals surface area contributed by atoms with Crippen molar-refractivity contribution < 1.29 is 9.21 Å². The van der Waals surface area contributed by atoms with Crippen molar-refractivity contribution in [3.63, 3.8) is 0 Å². The molecule has 1 aliphatic carbocycles. The Hall–Kier alpha value is -1.29. The average molecular weight is 222 g/mol. The van der Waals surface area contributed by atoms with Gasteiger partial charge in [0.25, 0.3) is 5.91 Å². The van der Waals surface area contributed by atoms with Crippen LogP contribution in [-0.4, -0.2) is 11.9 Å². The molecule has 1 aliphatic rings.